The first-order chi connectivity index (χ1) is 9.61. The molecule has 0 heterocycles. The number of halogens is 2. The lowest BCUT2D eigenvalue weighted by molar-refractivity contribution is -0.115. The Hall–Kier alpha value is -1.36. The number of nitrogens with two attached hydrogens (primary N) is 1. The van der Waals surface area contributed by atoms with E-state index < -0.39 is 0 Å². The SMILES string of the molecule is NCc1ccccc1CC(=O)Nc1cccc(Cl)c1Br. The van der Waals surface area contributed by atoms with Crippen molar-refractivity contribution in [1.29, 1.82) is 0 Å². The average molecular weight is 354 g/mol. The number of rotatable bonds is 4. The third kappa shape index (κ3) is 3.60. The van der Waals surface area contributed by atoms with E-state index in [1.807, 2.05) is 24.3 Å². The molecule has 0 aliphatic heterocycles. The van der Waals surface area contributed by atoms with Crippen LogP contribution in [0.15, 0.2) is 46.9 Å². The van der Waals surface area contributed by atoms with Crippen LogP contribution >= 0.6 is 27.5 Å². The normalized spacial score (nSPS) is 10.3. The highest BCUT2D eigenvalue weighted by atomic mass is 79.9. The van der Waals surface area contributed by atoms with Crippen molar-refractivity contribution in [2.45, 2.75) is 13.0 Å². The Morgan fingerprint density at radius 2 is 1.85 bits per heavy atom. The number of hydrogen-bond acceptors (Lipinski definition) is 2. The molecule has 2 rings (SSSR count). The summed E-state index contributed by atoms with van der Waals surface area (Å²) in [6, 6.07) is 13.0. The van der Waals surface area contributed by atoms with Gasteiger partial charge in [0.2, 0.25) is 5.91 Å². The van der Waals surface area contributed by atoms with Gasteiger partial charge in [0.05, 0.1) is 21.6 Å². The van der Waals surface area contributed by atoms with Gasteiger partial charge in [0, 0.05) is 6.54 Å². The maximum atomic E-state index is 12.1. The molecule has 2 aromatic carbocycles. The Balaban J connectivity index is 2.11. The number of benzene rings is 2. The van der Waals surface area contributed by atoms with Crippen LogP contribution in [0.5, 0.6) is 0 Å². The van der Waals surface area contributed by atoms with Gasteiger partial charge in [0.15, 0.2) is 0 Å². The molecule has 0 spiro atoms. The Morgan fingerprint density at radius 3 is 2.55 bits per heavy atom. The fourth-order valence-corrected chi connectivity index (χ4v) is 2.43. The minimum atomic E-state index is -0.103. The fourth-order valence-electron chi connectivity index (χ4n) is 1.90. The standard InChI is InChI=1S/C15H14BrClN2O/c16-15-12(17)6-3-7-13(15)19-14(20)8-10-4-1-2-5-11(10)9-18/h1-7H,8-9,18H2,(H,19,20). The predicted molar refractivity (Wildman–Crippen MR) is 85.8 cm³/mol. The molecule has 0 saturated carbocycles. The summed E-state index contributed by atoms with van der Waals surface area (Å²) in [5.74, 6) is -0.103. The molecular weight excluding hydrogens is 340 g/mol. The molecule has 20 heavy (non-hydrogen) atoms. The molecule has 0 unspecified atom stereocenters. The van der Waals surface area contributed by atoms with Crippen LogP contribution in [-0.2, 0) is 17.8 Å². The van der Waals surface area contributed by atoms with Gasteiger partial charge in [-0.25, -0.2) is 0 Å². The summed E-state index contributed by atoms with van der Waals surface area (Å²) in [5, 5.41) is 3.40. The van der Waals surface area contributed by atoms with Crippen molar-refractivity contribution in [1.82, 2.24) is 0 Å². The summed E-state index contributed by atoms with van der Waals surface area (Å²) < 4.78 is 0.683. The lowest BCUT2D eigenvalue weighted by Gasteiger charge is -2.10. The van der Waals surface area contributed by atoms with Gasteiger partial charge in [-0.1, -0.05) is 41.9 Å². The van der Waals surface area contributed by atoms with Crippen LogP contribution in [0.2, 0.25) is 5.02 Å². The van der Waals surface area contributed by atoms with Gasteiger partial charge < -0.3 is 11.1 Å². The molecule has 0 aromatic heterocycles. The van der Waals surface area contributed by atoms with E-state index >= 15 is 0 Å². The van der Waals surface area contributed by atoms with Gasteiger partial charge in [-0.3, -0.25) is 4.79 Å². The molecule has 3 nitrogen and oxygen atoms in total. The van der Waals surface area contributed by atoms with Crippen molar-refractivity contribution in [3.05, 3.63) is 63.1 Å². The molecule has 5 heteroatoms. The molecule has 104 valence electrons. The van der Waals surface area contributed by atoms with Crippen molar-refractivity contribution in [3.8, 4) is 0 Å². The van der Waals surface area contributed by atoms with Gasteiger partial charge in [-0.15, -0.1) is 0 Å². The molecule has 0 aliphatic rings. The van der Waals surface area contributed by atoms with E-state index in [4.69, 9.17) is 17.3 Å². The number of hydrogen-bond donors (Lipinski definition) is 2. The number of amides is 1. The smallest absolute Gasteiger partial charge is 0.228 e. The predicted octanol–water partition coefficient (Wildman–Crippen LogP) is 3.74. The van der Waals surface area contributed by atoms with Gasteiger partial charge in [-0.05, 0) is 39.2 Å². The lowest BCUT2D eigenvalue weighted by atomic mass is 10.0. The summed E-state index contributed by atoms with van der Waals surface area (Å²) in [7, 11) is 0. The van der Waals surface area contributed by atoms with Crippen molar-refractivity contribution in [2.24, 2.45) is 5.73 Å². The summed E-state index contributed by atoms with van der Waals surface area (Å²) >= 11 is 9.35. The lowest BCUT2D eigenvalue weighted by Crippen LogP contribution is -2.16. The van der Waals surface area contributed by atoms with Crippen LogP contribution in [0.3, 0.4) is 0 Å². The van der Waals surface area contributed by atoms with Crippen LogP contribution in [0.1, 0.15) is 11.1 Å². The Kier molecular flexibility index (Phi) is 5.17. The minimum Gasteiger partial charge on any atom is -0.326 e. The van der Waals surface area contributed by atoms with Crippen molar-refractivity contribution < 1.29 is 4.79 Å². The van der Waals surface area contributed by atoms with Gasteiger partial charge in [-0.2, -0.15) is 0 Å². The first kappa shape index (κ1) is 15.0. The molecule has 1 amide bonds. The molecular formula is C15H14BrClN2O. The maximum absolute atomic E-state index is 12.1. The van der Waals surface area contributed by atoms with Gasteiger partial charge in [0.1, 0.15) is 0 Å². The Labute approximate surface area is 131 Å². The Morgan fingerprint density at radius 1 is 1.15 bits per heavy atom. The third-order valence-electron chi connectivity index (χ3n) is 2.91. The molecule has 0 fully saturated rings. The number of carbonyl (C=O) groups excluding carboxylic acids is 1. The fraction of sp³-hybridized carbons (Fsp3) is 0.133. The van der Waals surface area contributed by atoms with E-state index in [0.717, 1.165) is 11.1 Å². The van der Waals surface area contributed by atoms with Crippen molar-refractivity contribution in [3.63, 3.8) is 0 Å². The van der Waals surface area contributed by atoms with Crippen molar-refractivity contribution in [2.75, 3.05) is 5.32 Å². The third-order valence-corrected chi connectivity index (χ3v) is 4.31. The second kappa shape index (κ2) is 6.88. The summed E-state index contributed by atoms with van der Waals surface area (Å²) in [6.45, 7) is 0.421. The van der Waals surface area contributed by atoms with E-state index in [1.165, 1.54) is 0 Å². The highest BCUT2D eigenvalue weighted by Gasteiger charge is 2.10. The van der Waals surface area contributed by atoms with Crippen LogP contribution in [0.4, 0.5) is 5.69 Å². The van der Waals surface area contributed by atoms with E-state index in [0.29, 0.717) is 21.7 Å². The monoisotopic (exact) mass is 352 g/mol. The van der Waals surface area contributed by atoms with Gasteiger partial charge in [0.25, 0.3) is 0 Å². The minimum absolute atomic E-state index is 0.103. The highest BCUT2D eigenvalue weighted by Crippen LogP contribution is 2.30. The average Bonchev–Trinajstić information content (AvgIpc) is 2.44. The quantitative estimate of drug-likeness (QED) is 0.879. The Bertz CT molecular complexity index is 631. The first-order valence-corrected chi connectivity index (χ1v) is 7.29. The molecule has 0 saturated heterocycles. The molecule has 0 bridgehead atoms. The zero-order valence-electron chi connectivity index (χ0n) is 10.7. The number of anilines is 1. The number of nitrogens with one attached hydrogen (secondary N) is 1. The molecule has 0 radical (unpaired) electrons. The second-order valence-electron chi connectivity index (χ2n) is 4.30. The van der Waals surface area contributed by atoms with Crippen LogP contribution in [-0.4, -0.2) is 5.91 Å². The van der Waals surface area contributed by atoms with Crippen LogP contribution in [0.25, 0.3) is 0 Å². The summed E-state index contributed by atoms with van der Waals surface area (Å²) in [6.07, 6.45) is 0.284. The zero-order valence-corrected chi connectivity index (χ0v) is 13.0. The van der Waals surface area contributed by atoms with E-state index in [2.05, 4.69) is 21.2 Å². The molecule has 0 aliphatic carbocycles. The molecule has 2 aromatic rings. The largest absolute Gasteiger partial charge is 0.326 e. The highest BCUT2D eigenvalue weighted by molar-refractivity contribution is 9.10. The molecule has 3 N–H and O–H groups in total. The van der Waals surface area contributed by atoms with E-state index in [-0.39, 0.29) is 12.3 Å². The van der Waals surface area contributed by atoms with Crippen molar-refractivity contribution >= 4 is 39.1 Å². The maximum Gasteiger partial charge on any atom is 0.228 e. The van der Waals surface area contributed by atoms with E-state index in [9.17, 15) is 4.79 Å². The topological polar surface area (TPSA) is 55.1 Å². The van der Waals surface area contributed by atoms with Gasteiger partial charge >= 0.3 is 0 Å². The zero-order chi connectivity index (χ0) is 14.5. The second-order valence-corrected chi connectivity index (χ2v) is 5.50. The van der Waals surface area contributed by atoms with Crippen LogP contribution < -0.4 is 11.1 Å². The summed E-state index contributed by atoms with van der Waals surface area (Å²) in [5.41, 5.74) is 8.24. The summed E-state index contributed by atoms with van der Waals surface area (Å²) in [4.78, 5) is 12.1. The van der Waals surface area contributed by atoms with E-state index in [1.54, 1.807) is 18.2 Å². The molecule has 0 atom stereocenters. The first-order valence-electron chi connectivity index (χ1n) is 6.12. The number of carbonyl (C=O) groups is 1. The van der Waals surface area contributed by atoms with Crippen LogP contribution in [0, 0.1) is 0 Å².